The highest BCUT2D eigenvalue weighted by Gasteiger charge is 2.64. The van der Waals surface area contributed by atoms with Crippen LogP contribution in [-0.4, -0.2) is 37.3 Å². The smallest absolute Gasteiger partial charge is 0.198 e. The quantitative estimate of drug-likeness (QED) is 0.148. The lowest BCUT2D eigenvalue weighted by Gasteiger charge is -2.44. The number of ether oxygens (including phenoxy) is 5. The lowest BCUT2D eigenvalue weighted by atomic mass is 9.85. The van der Waals surface area contributed by atoms with Crippen LogP contribution in [-0.2, 0) is 49.2 Å². The van der Waals surface area contributed by atoms with E-state index in [9.17, 15) is 4.79 Å². The predicted molar refractivity (Wildman–Crippen MR) is 175 cm³/mol. The average Bonchev–Trinajstić information content (AvgIpc) is 3.42. The Morgan fingerprint density at radius 2 is 1.49 bits per heavy atom. The zero-order valence-corrected chi connectivity index (χ0v) is 26.9. The van der Waals surface area contributed by atoms with Gasteiger partial charge in [-0.25, -0.2) is 0 Å². The van der Waals surface area contributed by atoms with E-state index >= 15 is 0 Å². The molecule has 6 rings (SSSR count). The van der Waals surface area contributed by atoms with Gasteiger partial charge in [0.1, 0.15) is 11.9 Å². The van der Waals surface area contributed by atoms with Crippen LogP contribution in [0, 0.1) is 0 Å². The Labute approximate surface area is 271 Å². The van der Waals surface area contributed by atoms with Crippen molar-refractivity contribution in [2.24, 2.45) is 0 Å². The summed E-state index contributed by atoms with van der Waals surface area (Å²) in [5.41, 5.74) is 3.51. The lowest BCUT2D eigenvalue weighted by molar-refractivity contribution is -0.283. The summed E-state index contributed by atoms with van der Waals surface area (Å²) in [6, 6.07) is 33.6. The molecule has 236 valence electrons. The van der Waals surface area contributed by atoms with Crippen LogP contribution in [0.4, 0.5) is 0 Å². The van der Waals surface area contributed by atoms with E-state index in [0.29, 0.717) is 37.7 Å². The molecule has 0 N–H and O–H groups in total. The fraction of sp³-hybridized carbons (Fsp3) is 0.342. The van der Waals surface area contributed by atoms with Gasteiger partial charge in [0.25, 0.3) is 0 Å². The van der Waals surface area contributed by atoms with E-state index < -0.39 is 23.6 Å². The SMILES string of the molecule is CC.CCOc1ccc(Cc2cc([C@]34CC(OCc5ccccc5)[C@H](OCc5ccccc5)[C@](C=O)(CO3)O4)ccc2Cl)cc1. The third-order valence-electron chi connectivity index (χ3n) is 8.07. The highest BCUT2D eigenvalue weighted by atomic mass is 35.5. The largest absolute Gasteiger partial charge is 0.494 e. The second kappa shape index (κ2) is 15.2. The summed E-state index contributed by atoms with van der Waals surface area (Å²) in [4.78, 5) is 12.8. The van der Waals surface area contributed by atoms with Crippen molar-refractivity contribution in [3.63, 3.8) is 0 Å². The topological polar surface area (TPSA) is 63.2 Å². The minimum absolute atomic E-state index is 0.0536. The number of rotatable bonds is 12. The maximum absolute atomic E-state index is 12.8. The van der Waals surface area contributed by atoms with E-state index in [-0.39, 0.29) is 6.61 Å². The van der Waals surface area contributed by atoms with Crippen molar-refractivity contribution in [2.75, 3.05) is 13.2 Å². The molecule has 0 aromatic heterocycles. The zero-order valence-electron chi connectivity index (χ0n) is 26.1. The number of fused-ring (bicyclic) bond motifs is 2. The normalized spacial score (nSPS) is 23.6. The molecular weight excluding hydrogens is 588 g/mol. The summed E-state index contributed by atoms with van der Waals surface area (Å²) in [6.07, 6.45) is 0.638. The monoisotopic (exact) mass is 628 g/mol. The van der Waals surface area contributed by atoms with Gasteiger partial charge in [-0.3, -0.25) is 4.79 Å². The molecule has 0 amide bonds. The Balaban J connectivity index is 0.00000196. The molecule has 0 radical (unpaired) electrons. The highest BCUT2D eigenvalue weighted by Crippen LogP contribution is 2.51. The molecule has 7 heteroatoms. The molecule has 2 bridgehead atoms. The average molecular weight is 629 g/mol. The van der Waals surface area contributed by atoms with Gasteiger partial charge in [-0.15, -0.1) is 0 Å². The van der Waals surface area contributed by atoms with Crippen LogP contribution in [0.15, 0.2) is 103 Å². The molecule has 2 saturated heterocycles. The maximum atomic E-state index is 12.8. The summed E-state index contributed by atoms with van der Waals surface area (Å²) in [5.74, 6) is -0.358. The molecule has 2 aliphatic rings. The molecule has 4 atom stereocenters. The fourth-order valence-corrected chi connectivity index (χ4v) is 6.06. The van der Waals surface area contributed by atoms with E-state index in [1.807, 2.05) is 124 Å². The number of carbonyl (C=O) groups is 1. The second-order valence-corrected chi connectivity index (χ2v) is 11.4. The number of benzene rings is 4. The molecule has 6 nitrogen and oxygen atoms in total. The van der Waals surface area contributed by atoms with Crippen molar-refractivity contribution in [2.45, 2.75) is 70.4 Å². The van der Waals surface area contributed by atoms with Crippen LogP contribution >= 0.6 is 11.6 Å². The number of halogens is 1. The molecule has 1 unspecified atom stereocenters. The summed E-state index contributed by atoms with van der Waals surface area (Å²) < 4.78 is 31.6. The molecule has 2 fully saturated rings. The van der Waals surface area contributed by atoms with Crippen LogP contribution in [0.5, 0.6) is 5.75 Å². The predicted octanol–water partition coefficient (Wildman–Crippen LogP) is 8.07. The Morgan fingerprint density at radius 3 is 2.11 bits per heavy atom. The molecule has 2 aliphatic heterocycles. The number of hydrogen-bond acceptors (Lipinski definition) is 6. The van der Waals surface area contributed by atoms with Gasteiger partial charge in [0.15, 0.2) is 17.7 Å². The van der Waals surface area contributed by atoms with Gasteiger partial charge in [0, 0.05) is 17.0 Å². The molecule has 0 saturated carbocycles. The molecule has 4 aromatic rings. The first-order chi connectivity index (χ1) is 22.0. The first-order valence-corrected chi connectivity index (χ1v) is 16.0. The van der Waals surface area contributed by atoms with Crippen LogP contribution in [0.1, 0.15) is 55.0 Å². The van der Waals surface area contributed by atoms with Crippen molar-refractivity contribution in [1.82, 2.24) is 0 Å². The molecule has 0 spiro atoms. The molecular formula is C38H41ClO6. The van der Waals surface area contributed by atoms with E-state index in [1.54, 1.807) is 0 Å². The van der Waals surface area contributed by atoms with E-state index in [1.165, 1.54) is 0 Å². The highest BCUT2D eigenvalue weighted by molar-refractivity contribution is 6.31. The Hall–Kier alpha value is -3.52. The van der Waals surface area contributed by atoms with Gasteiger partial charge in [0.05, 0.1) is 32.5 Å². The van der Waals surface area contributed by atoms with Crippen molar-refractivity contribution in [3.8, 4) is 5.75 Å². The maximum Gasteiger partial charge on any atom is 0.198 e. The van der Waals surface area contributed by atoms with Gasteiger partial charge in [-0.1, -0.05) is 104 Å². The summed E-state index contributed by atoms with van der Waals surface area (Å²) in [5, 5.41) is 0.644. The molecule has 2 heterocycles. The summed E-state index contributed by atoms with van der Waals surface area (Å²) in [6.45, 7) is 7.32. The molecule has 4 aromatic carbocycles. The van der Waals surface area contributed by atoms with Crippen molar-refractivity contribution in [1.29, 1.82) is 0 Å². The molecule has 45 heavy (non-hydrogen) atoms. The third-order valence-corrected chi connectivity index (χ3v) is 8.44. The number of hydrogen-bond donors (Lipinski definition) is 0. The Morgan fingerprint density at radius 1 is 0.844 bits per heavy atom. The first-order valence-electron chi connectivity index (χ1n) is 15.6. The van der Waals surface area contributed by atoms with Crippen molar-refractivity contribution < 1.29 is 28.5 Å². The van der Waals surface area contributed by atoms with Gasteiger partial charge >= 0.3 is 0 Å². The number of carbonyl (C=O) groups excluding carboxylic acids is 1. The van der Waals surface area contributed by atoms with Crippen LogP contribution in [0.2, 0.25) is 5.02 Å². The van der Waals surface area contributed by atoms with Gasteiger partial charge in [-0.2, -0.15) is 0 Å². The molecule has 0 aliphatic carbocycles. The lowest BCUT2D eigenvalue weighted by Crippen LogP contribution is -2.59. The van der Waals surface area contributed by atoms with Crippen LogP contribution < -0.4 is 4.74 Å². The minimum Gasteiger partial charge on any atom is -0.494 e. The van der Waals surface area contributed by atoms with Gasteiger partial charge < -0.3 is 23.7 Å². The van der Waals surface area contributed by atoms with E-state index in [0.717, 1.165) is 39.9 Å². The summed E-state index contributed by atoms with van der Waals surface area (Å²) >= 11 is 6.68. The Bertz CT molecular complexity index is 1510. The minimum atomic E-state index is -1.33. The first kappa shape index (κ1) is 32.9. The van der Waals surface area contributed by atoms with E-state index in [2.05, 4.69) is 0 Å². The Kier molecular flexibility index (Phi) is 11.1. The van der Waals surface area contributed by atoms with E-state index in [4.69, 9.17) is 35.3 Å². The standard InChI is InChI=1S/C36H35ClO6.C2H6/c1-2-39-31-16-13-26(14-17-31)19-29-20-30(15-18-32(29)37)36-21-33(40-22-27-9-5-3-6-10-27)34(35(24-38,43-36)25-42-36)41-23-28-11-7-4-8-12-28;1-2/h3-18,20,24,33-34H,2,19,21-23,25H2,1H3;1-2H3/t33?,34-,35-,36+;/m0./s1. The third kappa shape index (κ3) is 7.49. The zero-order chi connectivity index (χ0) is 31.7. The number of aldehydes is 1. The van der Waals surface area contributed by atoms with Crippen LogP contribution in [0.25, 0.3) is 0 Å². The second-order valence-electron chi connectivity index (χ2n) is 11.0. The van der Waals surface area contributed by atoms with Crippen molar-refractivity contribution >= 4 is 17.9 Å². The van der Waals surface area contributed by atoms with Crippen LogP contribution in [0.3, 0.4) is 0 Å². The fourth-order valence-electron chi connectivity index (χ4n) is 5.88. The van der Waals surface area contributed by atoms with Crippen molar-refractivity contribution in [3.05, 3.63) is 136 Å². The summed E-state index contributed by atoms with van der Waals surface area (Å²) in [7, 11) is 0. The van der Waals surface area contributed by atoms with Gasteiger partial charge in [0.2, 0.25) is 0 Å². The van der Waals surface area contributed by atoms with Gasteiger partial charge in [-0.05, 0) is 59.9 Å².